The highest BCUT2D eigenvalue weighted by atomic mass is 16.6. The van der Waals surface area contributed by atoms with Gasteiger partial charge in [-0.3, -0.25) is 4.79 Å². The van der Waals surface area contributed by atoms with Gasteiger partial charge < -0.3 is 20.3 Å². The molecule has 6 nitrogen and oxygen atoms in total. The summed E-state index contributed by atoms with van der Waals surface area (Å²) >= 11 is 0. The quantitative estimate of drug-likeness (QED) is 0.857. The maximum atomic E-state index is 12.2. The van der Waals surface area contributed by atoms with E-state index in [9.17, 15) is 9.59 Å². The van der Waals surface area contributed by atoms with Crippen molar-refractivity contribution in [3.05, 3.63) is 0 Å². The molecule has 6 heteroatoms. The number of nitrogens with zero attached hydrogens (tertiary/aromatic N) is 2. The lowest BCUT2D eigenvalue weighted by Crippen LogP contribution is -2.46. The van der Waals surface area contributed by atoms with Crippen LogP contribution in [0.2, 0.25) is 0 Å². The number of carbonyl (C=O) groups excluding carboxylic acids is 2. The summed E-state index contributed by atoms with van der Waals surface area (Å²) in [4.78, 5) is 27.6. The molecule has 2 amide bonds. The Morgan fingerprint density at radius 2 is 1.95 bits per heavy atom. The van der Waals surface area contributed by atoms with Gasteiger partial charge in [-0.25, -0.2) is 4.79 Å². The first-order chi connectivity index (χ1) is 10.0. The SMILES string of the molecule is CC(C)C(N)C(=O)N(C)CC1CCN(C(=O)OC(C)(C)C)C1. The van der Waals surface area contributed by atoms with E-state index in [2.05, 4.69) is 0 Å². The van der Waals surface area contributed by atoms with Gasteiger partial charge in [0, 0.05) is 26.7 Å². The highest BCUT2D eigenvalue weighted by molar-refractivity contribution is 5.81. The zero-order chi connectivity index (χ0) is 17.1. The molecule has 0 aromatic rings. The minimum atomic E-state index is -0.480. The summed E-state index contributed by atoms with van der Waals surface area (Å²) in [5.74, 6) is 0.364. The average molecular weight is 313 g/mol. The lowest BCUT2D eigenvalue weighted by Gasteiger charge is -2.27. The highest BCUT2D eigenvalue weighted by Gasteiger charge is 2.31. The summed E-state index contributed by atoms with van der Waals surface area (Å²) in [5, 5.41) is 0. The molecular formula is C16H31N3O3. The fraction of sp³-hybridized carbons (Fsp3) is 0.875. The summed E-state index contributed by atoms with van der Waals surface area (Å²) in [5.41, 5.74) is 5.42. The van der Waals surface area contributed by atoms with Crippen molar-refractivity contribution in [2.45, 2.75) is 52.7 Å². The molecule has 1 aliphatic heterocycles. The second kappa shape index (κ2) is 7.31. The van der Waals surface area contributed by atoms with Gasteiger partial charge in [0.25, 0.3) is 0 Å². The van der Waals surface area contributed by atoms with Crippen molar-refractivity contribution in [3.63, 3.8) is 0 Å². The summed E-state index contributed by atoms with van der Waals surface area (Å²) in [6, 6.07) is -0.464. The van der Waals surface area contributed by atoms with Crippen LogP contribution >= 0.6 is 0 Å². The molecule has 0 spiro atoms. The number of hydrogen-bond acceptors (Lipinski definition) is 4. The van der Waals surface area contributed by atoms with Crippen LogP contribution in [0.4, 0.5) is 4.79 Å². The van der Waals surface area contributed by atoms with E-state index < -0.39 is 11.6 Å². The number of nitrogens with two attached hydrogens (primary N) is 1. The van der Waals surface area contributed by atoms with E-state index in [0.29, 0.717) is 19.6 Å². The number of carbonyl (C=O) groups is 2. The Morgan fingerprint density at radius 1 is 1.36 bits per heavy atom. The van der Waals surface area contributed by atoms with Crippen LogP contribution in [-0.2, 0) is 9.53 Å². The van der Waals surface area contributed by atoms with Crippen molar-refractivity contribution < 1.29 is 14.3 Å². The average Bonchev–Trinajstić information content (AvgIpc) is 2.83. The zero-order valence-electron chi connectivity index (χ0n) is 14.8. The van der Waals surface area contributed by atoms with E-state index in [1.165, 1.54) is 0 Å². The smallest absolute Gasteiger partial charge is 0.410 e. The van der Waals surface area contributed by atoms with Crippen molar-refractivity contribution in [2.75, 3.05) is 26.7 Å². The van der Waals surface area contributed by atoms with Crippen molar-refractivity contribution in [2.24, 2.45) is 17.6 Å². The number of hydrogen-bond donors (Lipinski definition) is 1. The first-order valence-electron chi connectivity index (χ1n) is 7.99. The van der Waals surface area contributed by atoms with Crippen LogP contribution in [0.1, 0.15) is 41.0 Å². The fourth-order valence-electron chi connectivity index (χ4n) is 2.49. The van der Waals surface area contributed by atoms with E-state index in [4.69, 9.17) is 10.5 Å². The second-order valence-corrected chi connectivity index (χ2v) is 7.57. The minimum absolute atomic E-state index is 0.0364. The summed E-state index contributed by atoms with van der Waals surface area (Å²) < 4.78 is 5.38. The first kappa shape index (κ1) is 18.7. The maximum Gasteiger partial charge on any atom is 0.410 e. The molecule has 0 radical (unpaired) electrons. The largest absolute Gasteiger partial charge is 0.444 e. The van der Waals surface area contributed by atoms with E-state index in [-0.39, 0.29) is 23.8 Å². The topological polar surface area (TPSA) is 75.9 Å². The normalized spacial score (nSPS) is 20.2. The monoisotopic (exact) mass is 313 g/mol. The summed E-state index contributed by atoms with van der Waals surface area (Å²) in [7, 11) is 1.78. The number of likely N-dealkylation sites (N-methyl/N-ethyl adjacent to an activating group) is 1. The van der Waals surface area contributed by atoms with Gasteiger partial charge >= 0.3 is 6.09 Å². The van der Waals surface area contributed by atoms with E-state index >= 15 is 0 Å². The van der Waals surface area contributed by atoms with Gasteiger partial charge in [0.1, 0.15) is 5.60 Å². The number of rotatable bonds is 4. The van der Waals surface area contributed by atoms with Crippen molar-refractivity contribution >= 4 is 12.0 Å². The molecule has 0 aromatic heterocycles. The molecule has 1 saturated heterocycles. The number of amides is 2. The third-order valence-corrected chi connectivity index (χ3v) is 3.85. The van der Waals surface area contributed by atoms with Gasteiger partial charge in [-0.05, 0) is 39.0 Å². The third-order valence-electron chi connectivity index (χ3n) is 3.85. The predicted octanol–water partition coefficient (Wildman–Crippen LogP) is 1.69. The van der Waals surface area contributed by atoms with Crippen LogP contribution in [0.25, 0.3) is 0 Å². The standard InChI is InChI=1S/C16H31N3O3/c1-11(2)13(17)14(20)18(6)9-12-7-8-19(10-12)15(21)22-16(3,4)5/h11-13H,7-10,17H2,1-6H3. The zero-order valence-corrected chi connectivity index (χ0v) is 14.8. The van der Waals surface area contributed by atoms with Crippen LogP contribution in [0.5, 0.6) is 0 Å². The van der Waals surface area contributed by atoms with Gasteiger partial charge in [-0.2, -0.15) is 0 Å². The molecule has 1 rings (SSSR count). The predicted molar refractivity (Wildman–Crippen MR) is 86.4 cm³/mol. The molecule has 0 aromatic carbocycles. The van der Waals surface area contributed by atoms with Crippen LogP contribution in [-0.4, -0.2) is 60.1 Å². The van der Waals surface area contributed by atoms with Gasteiger partial charge in [-0.1, -0.05) is 13.8 Å². The molecule has 0 saturated carbocycles. The lowest BCUT2D eigenvalue weighted by atomic mass is 10.0. The number of ether oxygens (including phenoxy) is 1. The van der Waals surface area contributed by atoms with Crippen LogP contribution in [0, 0.1) is 11.8 Å². The molecule has 0 bridgehead atoms. The van der Waals surface area contributed by atoms with E-state index in [1.54, 1.807) is 16.8 Å². The molecular weight excluding hydrogens is 282 g/mol. The van der Waals surface area contributed by atoms with Gasteiger partial charge in [0.05, 0.1) is 6.04 Å². The fourth-order valence-corrected chi connectivity index (χ4v) is 2.49. The molecule has 1 aliphatic rings. The molecule has 22 heavy (non-hydrogen) atoms. The summed E-state index contributed by atoms with van der Waals surface area (Å²) in [6.45, 7) is 11.4. The van der Waals surface area contributed by atoms with Crippen molar-refractivity contribution in [3.8, 4) is 0 Å². The molecule has 0 aliphatic carbocycles. The highest BCUT2D eigenvalue weighted by Crippen LogP contribution is 2.20. The Labute approximate surface area is 134 Å². The van der Waals surface area contributed by atoms with Gasteiger partial charge in [0.2, 0.25) is 5.91 Å². The molecule has 2 N–H and O–H groups in total. The second-order valence-electron chi connectivity index (χ2n) is 7.57. The van der Waals surface area contributed by atoms with Gasteiger partial charge in [-0.15, -0.1) is 0 Å². The third kappa shape index (κ3) is 5.48. The maximum absolute atomic E-state index is 12.2. The number of likely N-dealkylation sites (tertiary alicyclic amines) is 1. The molecule has 128 valence electrons. The Hall–Kier alpha value is -1.30. The lowest BCUT2D eigenvalue weighted by molar-refractivity contribution is -0.132. The van der Waals surface area contributed by atoms with E-state index in [1.807, 2.05) is 34.6 Å². The van der Waals surface area contributed by atoms with Crippen molar-refractivity contribution in [1.82, 2.24) is 9.80 Å². The Bertz CT molecular complexity index is 404. The molecule has 1 fully saturated rings. The Kier molecular flexibility index (Phi) is 6.23. The first-order valence-corrected chi connectivity index (χ1v) is 7.99. The van der Waals surface area contributed by atoms with Gasteiger partial charge in [0.15, 0.2) is 0 Å². The van der Waals surface area contributed by atoms with Crippen LogP contribution in [0.3, 0.4) is 0 Å². The Morgan fingerprint density at radius 3 is 2.45 bits per heavy atom. The van der Waals surface area contributed by atoms with Crippen LogP contribution in [0.15, 0.2) is 0 Å². The Balaban J connectivity index is 2.47. The van der Waals surface area contributed by atoms with E-state index in [0.717, 1.165) is 6.42 Å². The van der Waals surface area contributed by atoms with Crippen LogP contribution < -0.4 is 5.73 Å². The molecule has 2 unspecified atom stereocenters. The minimum Gasteiger partial charge on any atom is -0.444 e. The molecule has 2 atom stereocenters. The van der Waals surface area contributed by atoms with Crippen molar-refractivity contribution in [1.29, 1.82) is 0 Å². The molecule has 1 heterocycles. The summed E-state index contributed by atoms with van der Waals surface area (Å²) in [6.07, 6.45) is 0.608.